The van der Waals surface area contributed by atoms with E-state index in [1.54, 1.807) is 7.05 Å². The van der Waals surface area contributed by atoms with E-state index in [1.807, 2.05) is 6.07 Å². The lowest BCUT2D eigenvalue weighted by Gasteiger charge is -2.18. The highest BCUT2D eigenvalue weighted by molar-refractivity contribution is 5.79. The third-order valence-corrected chi connectivity index (χ3v) is 4.46. The largest absolute Gasteiger partial charge is 0.359 e. The van der Waals surface area contributed by atoms with Crippen molar-refractivity contribution in [2.45, 2.75) is 38.1 Å². The first-order chi connectivity index (χ1) is 11.3. The summed E-state index contributed by atoms with van der Waals surface area (Å²) in [5.41, 5.74) is 2.65. The summed E-state index contributed by atoms with van der Waals surface area (Å²) in [5, 5.41) is 10.7. The van der Waals surface area contributed by atoms with Gasteiger partial charge >= 0.3 is 0 Å². The molecule has 1 fully saturated rings. The second-order valence-electron chi connectivity index (χ2n) is 6.06. The Morgan fingerprint density at radius 3 is 2.65 bits per heavy atom. The van der Waals surface area contributed by atoms with Crippen molar-refractivity contribution < 1.29 is 4.52 Å². The molecule has 3 rings (SSSR count). The number of aromatic nitrogens is 1. The molecule has 2 aromatic rings. The molecule has 1 aromatic heterocycles. The van der Waals surface area contributed by atoms with Crippen LogP contribution in [-0.2, 0) is 18.4 Å². The summed E-state index contributed by atoms with van der Waals surface area (Å²) in [4.78, 5) is 4.29. The molecule has 0 amide bonds. The summed E-state index contributed by atoms with van der Waals surface area (Å²) in [5.74, 6) is 1.62. The van der Waals surface area contributed by atoms with Crippen LogP contribution in [0, 0.1) is 0 Å². The fourth-order valence-corrected chi connectivity index (χ4v) is 2.76. The van der Waals surface area contributed by atoms with E-state index in [1.165, 1.54) is 18.4 Å². The lowest BCUT2D eigenvalue weighted by Crippen LogP contribution is -2.40. The van der Waals surface area contributed by atoms with E-state index in [9.17, 15) is 0 Å². The van der Waals surface area contributed by atoms with Crippen LogP contribution in [0.5, 0.6) is 0 Å². The van der Waals surface area contributed by atoms with Gasteiger partial charge in [-0.05, 0) is 24.8 Å². The predicted octanol–water partition coefficient (Wildman–Crippen LogP) is 2.63. The molecular weight excluding hydrogens is 288 g/mol. The SMILES string of the molecule is CCc1cc(CNC(=NC)NCC2(c3ccccc3)CC2)on1. The third kappa shape index (κ3) is 3.73. The van der Waals surface area contributed by atoms with Crippen LogP contribution in [0.1, 0.15) is 36.8 Å². The van der Waals surface area contributed by atoms with Gasteiger partial charge in [0.05, 0.1) is 12.2 Å². The number of nitrogens with one attached hydrogen (secondary N) is 2. The van der Waals surface area contributed by atoms with Crippen LogP contribution in [0.25, 0.3) is 0 Å². The number of hydrogen-bond donors (Lipinski definition) is 2. The van der Waals surface area contributed by atoms with Gasteiger partial charge in [0.1, 0.15) is 0 Å². The monoisotopic (exact) mass is 312 g/mol. The minimum atomic E-state index is 0.264. The van der Waals surface area contributed by atoms with Crippen LogP contribution in [0.15, 0.2) is 45.9 Å². The number of nitrogens with zero attached hydrogens (tertiary/aromatic N) is 2. The van der Waals surface area contributed by atoms with Gasteiger partial charge in [0, 0.05) is 25.1 Å². The van der Waals surface area contributed by atoms with Crippen LogP contribution in [-0.4, -0.2) is 24.7 Å². The Labute approximate surface area is 137 Å². The molecule has 0 atom stereocenters. The van der Waals surface area contributed by atoms with E-state index in [2.05, 4.69) is 58.0 Å². The normalized spacial score (nSPS) is 16.2. The molecule has 1 saturated carbocycles. The van der Waals surface area contributed by atoms with Crippen LogP contribution < -0.4 is 10.6 Å². The average molecular weight is 312 g/mol. The summed E-state index contributed by atoms with van der Waals surface area (Å²) < 4.78 is 5.28. The van der Waals surface area contributed by atoms with Gasteiger partial charge in [0.25, 0.3) is 0 Å². The summed E-state index contributed by atoms with van der Waals surface area (Å²) in [6, 6.07) is 12.7. The quantitative estimate of drug-likeness (QED) is 0.636. The third-order valence-electron chi connectivity index (χ3n) is 4.46. The Bertz CT molecular complexity index is 659. The molecule has 23 heavy (non-hydrogen) atoms. The molecule has 2 N–H and O–H groups in total. The average Bonchev–Trinajstić information content (AvgIpc) is 3.26. The zero-order valence-electron chi connectivity index (χ0n) is 13.8. The Kier molecular flexibility index (Phi) is 4.65. The van der Waals surface area contributed by atoms with Crippen LogP contribution in [0.4, 0.5) is 0 Å². The molecule has 5 nitrogen and oxygen atoms in total. The molecular formula is C18H24N4O. The van der Waals surface area contributed by atoms with E-state index < -0.39 is 0 Å². The molecule has 1 aliphatic carbocycles. The highest BCUT2D eigenvalue weighted by Gasteiger charge is 2.43. The molecule has 0 saturated heterocycles. The van der Waals surface area contributed by atoms with Crippen molar-refractivity contribution in [2.24, 2.45) is 4.99 Å². The fraction of sp³-hybridized carbons (Fsp3) is 0.444. The molecule has 122 valence electrons. The van der Waals surface area contributed by atoms with E-state index >= 15 is 0 Å². The van der Waals surface area contributed by atoms with Gasteiger partial charge in [-0.25, -0.2) is 0 Å². The zero-order chi connectivity index (χ0) is 16.1. The maximum Gasteiger partial charge on any atom is 0.191 e. The van der Waals surface area contributed by atoms with E-state index in [-0.39, 0.29) is 5.41 Å². The topological polar surface area (TPSA) is 62.5 Å². The van der Waals surface area contributed by atoms with Crippen LogP contribution in [0.2, 0.25) is 0 Å². The standard InChI is InChI=1S/C18H24N4O/c1-3-15-11-16(23-22-15)12-20-17(19-2)21-13-18(9-10-18)14-7-5-4-6-8-14/h4-8,11H,3,9-10,12-13H2,1-2H3,(H2,19,20,21). The molecule has 1 aromatic carbocycles. The van der Waals surface area contributed by atoms with Gasteiger partial charge < -0.3 is 15.2 Å². The van der Waals surface area contributed by atoms with Crippen molar-refractivity contribution in [1.82, 2.24) is 15.8 Å². The molecule has 0 radical (unpaired) electrons. The summed E-state index contributed by atoms with van der Waals surface area (Å²) in [6.45, 7) is 3.55. The van der Waals surface area contributed by atoms with Gasteiger partial charge in [0.15, 0.2) is 11.7 Å². The van der Waals surface area contributed by atoms with Crippen molar-refractivity contribution in [3.63, 3.8) is 0 Å². The highest BCUT2D eigenvalue weighted by Crippen LogP contribution is 2.47. The second kappa shape index (κ2) is 6.86. The lowest BCUT2D eigenvalue weighted by molar-refractivity contribution is 0.374. The fourth-order valence-electron chi connectivity index (χ4n) is 2.76. The van der Waals surface area contributed by atoms with Crippen molar-refractivity contribution in [1.29, 1.82) is 0 Å². The number of aryl methyl sites for hydroxylation is 1. The molecule has 0 unspecified atom stereocenters. The minimum Gasteiger partial charge on any atom is -0.359 e. The number of benzene rings is 1. The zero-order valence-corrected chi connectivity index (χ0v) is 13.8. The molecule has 0 aliphatic heterocycles. The smallest absolute Gasteiger partial charge is 0.191 e. The van der Waals surface area contributed by atoms with E-state index in [4.69, 9.17) is 4.52 Å². The first-order valence-corrected chi connectivity index (χ1v) is 8.20. The van der Waals surface area contributed by atoms with Gasteiger partial charge in [0.2, 0.25) is 0 Å². The Morgan fingerprint density at radius 2 is 2.04 bits per heavy atom. The number of rotatable bonds is 6. The van der Waals surface area contributed by atoms with Crippen LogP contribution >= 0.6 is 0 Å². The molecule has 1 heterocycles. The molecule has 1 aliphatic rings. The summed E-state index contributed by atoms with van der Waals surface area (Å²) >= 11 is 0. The number of guanidine groups is 1. The van der Waals surface area contributed by atoms with Gasteiger partial charge in [-0.3, -0.25) is 4.99 Å². The first-order valence-electron chi connectivity index (χ1n) is 8.20. The van der Waals surface area contributed by atoms with Crippen molar-refractivity contribution in [3.8, 4) is 0 Å². The van der Waals surface area contributed by atoms with Gasteiger partial charge in [-0.15, -0.1) is 0 Å². The minimum absolute atomic E-state index is 0.264. The van der Waals surface area contributed by atoms with Crippen molar-refractivity contribution in [2.75, 3.05) is 13.6 Å². The molecule has 0 spiro atoms. The molecule has 0 bridgehead atoms. The summed E-state index contributed by atoms with van der Waals surface area (Å²) in [7, 11) is 1.79. The maximum atomic E-state index is 5.28. The maximum absolute atomic E-state index is 5.28. The predicted molar refractivity (Wildman–Crippen MR) is 91.4 cm³/mol. The highest BCUT2D eigenvalue weighted by atomic mass is 16.5. The van der Waals surface area contributed by atoms with Gasteiger partial charge in [-0.1, -0.05) is 42.4 Å². The van der Waals surface area contributed by atoms with Gasteiger partial charge in [-0.2, -0.15) is 0 Å². The summed E-state index contributed by atoms with van der Waals surface area (Å²) in [6.07, 6.45) is 3.34. The molecule has 5 heteroatoms. The van der Waals surface area contributed by atoms with Crippen LogP contribution in [0.3, 0.4) is 0 Å². The second-order valence-corrected chi connectivity index (χ2v) is 6.06. The first kappa shape index (κ1) is 15.6. The van der Waals surface area contributed by atoms with Crippen molar-refractivity contribution >= 4 is 5.96 Å². The Balaban J connectivity index is 1.52. The van der Waals surface area contributed by atoms with Crippen molar-refractivity contribution in [3.05, 3.63) is 53.4 Å². The number of aliphatic imine (C=N–C) groups is 1. The Hall–Kier alpha value is -2.30. The van der Waals surface area contributed by atoms with E-state index in [0.29, 0.717) is 6.54 Å². The Morgan fingerprint density at radius 1 is 1.26 bits per heavy atom. The number of hydrogen-bond acceptors (Lipinski definition) is 3. The van der Waals surface area contributed by atoms with E-state index in [0.717, 1.165) is 30.4 Å². The lowest BCUT2D eigenvalue weighted by atomic mass is 9.96.